The standard InChI is InChI=1S/C20H20FN3O/c1-14-3-5-15(6-4-14)13-18(25)23-19(20-22-11-12-24(20)2)16-7-9-17(21)10-8-16/h3-12,19H,13H2,1-2H3,(H,23,25)/t19-/m0/s1. The van der Waals surface area contributed by atoms with Gasteiger partial charge >= 0.3 is 0 Å². The van der Waals surface area contributed by atoms with E-state index in [1.165, 1.54) is 12.1 Å². The van der Waals surface area contributed by atoms with Crippen LogP contribution in [0.1, 0.15) is 28.6 Å². The number of carbonyl (C=O) groups excluding carboxylic acids is 1. The third-order valence-corrected chi connectivity index (χ3v) is 4.11. The van der Waals surface area contributed by atoms with E-state index in [2.05, 4.69) is 10.3 Å². The first-order valence-electron chi connectivity index (χ1n) is 8.10. The maximum absolute atomic E-state index is 13.2. The number of halogens is 1. The number of nitrogens with one attached hydrogen (secondary N) is 1. The van der Waals surface area contributed by atoms with Crippen LogP contribution in [0.25, 0.3) is 0 Å². The van der Waals surface area contributed by atoms with E-state index in [9.17, 15) is 9.18 Å². The lowest BCUT2D eigenvalue weighted by molar-refractivity contribution is -0.121. The van der Waals surface area contributed by atoms with Crippen LogP contribution in [-0.4, -0.2) is 15.5 Å². The Balaban J connectivity index is 1.82. The van der Waals surface area contributed by atoms with Gasteiger partial charge in [0.15, 0.2) is 0 Å². The average molecular weight is 337 g/mol. The molecule has 25 heavy (non-hydrogen) atoms. The topological polar surface area (TPSA) is 46.9 Å². The molecule has 0 fully saturated rings. The first-order valence-corrected chi connectivity index (χ1v) is 8.10. The van der Waals surface area contributed by atoms with Gasteiger partial charge in [0.25, 0.3) is 0 Å². The van der Waals surface area contributed by atoms with Crippen LogP contribution in [0.3, 0.4) is 0 Å². The number of carbonyl (C=O) groups is 1. The van der Waals surface area contributed by atoms with Crippen molar-refractivity contribution in [1.29, 1.82) is 0 Å². The molecule has 0 unspecified atom stereocenters. The quantitative estimate of drug-likeness (QED) is 0.776. The predicted molar refractivity (Wildman–Crippen MR) is 94.5 cm³/mol. The fraction of sp³-hybridized carbons (Fsp3) is 0.200. The van der Waals surface area contributed by atoms with Crippen molar-refractivity contribution in [1.82, 2.24) is 14.9 Å². The van der Waals surface area contributed by atoms with Gasteiger partial charge in [0, 0.05) is 19.4 Å². The second-order valence-electron chi connectivity index (χ2n) is 6.11. The van der Waals surface area contributed by atoms with Crippen LogP contribution < -0.4 is 5.32 Å². The molecular weight excluding hydrogens is 317 g/mol. The fourth-order valence-electron chi connectivity index (χ4n) is 2.71. The second-order valence-corrected chi connectivity index (χ2v) is 6.11. The lowest BCUT2D eigenvalue weighted by atomic mass is 10.0. The van der Waals surface area contributed by atoms with Gasteiger partial charge in [-0.2, -0.15) is 0 Å². The van der Waals surface area contributed by atoms with E-state index < -0.39 is 6.04 Å². The lowest BCUT2D eigenvalue weighted by Crippen LogP contribution is -2.32. The van der Waals surface area contributed by atoms with Crippen molar-refractivity contribution in [2.45, 2.75) is 19.4 Å². The Bertz CT molecular complexity index is 853. The van der Waals surface area contributed by atoms with Gasteiger partial charge < -0.3 is 9.88 Å². The van der Waals surface area contributed by atoms with Crippen LogP contribution in [-0.2, 0) is 18.3 Å². The minimum Gasteiger partial charge on any atom is -0.342 e. The lowest BCUT2D eigenvalue weighted by Gasteiger charge is -2.19. The number of hydrogen-bond acceptors (Lipinski definition) is 2. The van der Waals surface area contributed by atoms with Crippen molar-refractivity contribution >= 4 is 5.91 Å². The van der Waals surface area contributed by atoms with Gasteiger partial charge in [-0.25, -0.2) is 9.37 Å². The molecule has 1 aromatic heterocycles. The predicted octanol–water partition coefficient (Wildman–Crippen LogP) is 3.32. The van der Waals surface area contributed by atoms with Crippen molar-refractivity contribution in [2.75, 3.05) is 0 Å². The summed E-state index contributed by atoms with van der Waals surface area (Å²) in [6.45, 7) is 2.01. The van der Waals surface area contributed by atoms with Crippen LogP contribution in [0, 0.1) is 12.7 Å². The van der Waals surface area contributed by atoms with Crippen LogP contribution in [0.4, 0.5) is 4.39 Å². The summed E-state index contributed by atoms with van der Waals surface area (Å²) < 4.78 is 15.1. The highest BCUT2D eigenvalue weighted by Gasteiger charge is 2.20. The van der Waals surface area contributed by atoms with E-state index in [4.69, 9.17) is 0 Å². The zero-order chi connectivity index (χ0) is 17.8. The highest BCUT2D eigenvalue weighted by Crippen LogP contribution is 2.21. The van der Waals surface area contributed by atoms with Crippen LogP contribution in [0.15, 0.2) is 60.9 Å². The largest absolute Gasteiger partial charge is 0.342 e. The number of hydrogen-bond donors (Lipinski definition) is 1. The fourth-order valence-corrected chi connectivity index (χ4v) is 2.71. The first kappa shape index (κ1) is 16.9. The molecule has 1 heterocycles. The summed E-state index contributed by atoms with van der Waals surface area (Å²) >= 11 is 0. The molecule has 3 aromatic rings. The molecule has 0 bridgehead atoms. The van der Waals surface area contributed by atoms with Crippen molar-refractivity contribution in [2.24, 2.45) is 7.05 Å². The summed E-state index contributed by atoms with van der Waals surface area (Å²) in [5.74, 6) is 0.276. The molecule has 1 atom stereocenters. The smallest absolute Gasteiger partial charge is 0.225 e. The van der Waals surface area contributed by atoms with Crippen molar-refractivity contribution in [3.8, 4) is 0 Å². The van der Waals surface area contributed by atoms with E-state index in [1.54, 1.807) is 18.3 Å². The Kier molecular flexibility index (Phi) is 4.93. The third kappa shape index (κ3) is 4.12. The SMILES string of the molecule is Cc1ccc(CC(=O)N[C@@H](c2ccc(F)cc2)c2nccn2C)cc1. The molecule has 1 N–H and O–H groups in total. The van der Waals surface area contributed by atoms with Crippen LogP contribution >= 0.6 is 0 Å². The van der Waals surface area contributed by atoms with Crippen LogP contribution in [0.5, 0.6) is 0 Å². The molecule has 0 aliphatic carbocycles. The van der Waals surface area contributed by atoms with E-state index in [-0.39, 0.29) is 18.1 Å². The van der Waals surface area contributed by atoms with Crippen molar-refractivity contribution < 1.29 is 9.18 Å². The van der Waals surface area contributed by atoms with E-state index >= 15 is 0 Å². The highest BCUT2D eigenvalue weighted by atomic mass is 19.1. The Morgan fingerprint density at radius 2 is 1.84 bits per heavy atom. The Hall–Kier alpha value is -2.95. The number of amides is 1. The van der Waals surface area contributed by atoms with Crippen LogP contribution in [0.2, 0.25) is 0 Å². The molecule has 2 aromatic carbocycles. The summed E-state index contributed by atoms with van der Waals surface area (Å²) in [6.07, 6.45) is 3.78. The first-order chi connectivity index (χ1) is 12.0. The molecule has 0 saturated heterocycles. The summed E-state index contributed by atoms with van der Waals surface area (Å²) in [4.78, 5) is 16.9. The maximum Gasteiger partial charge on any atom is 0.225 e. The summed E-state index contributed by atoms with van der Waals surface area (Å²) in [5, 5.41) is 3.01. The maximum atomic E-state index is 13.2. The van der Waals surface area contributed by atoms with Gasteiger partial charge in [-0.3, -0.25) is 4.79 Å². The van der Waals surface area contributed by atoms with E-state index in [0.29, 0.717) is 5.82 Å². The molecule has 5 heteroatoms. The number of aromatic nitrogens is 2. The molecule has 1 amide bonds. The summed E-state index contributed by atoms with van der Waals surface area (Å²) in [5.41, 5.74) is 2.88. The van der Waals surface area contributed by atoms with E-state index in [0.717, 1.165) is 16.7 Å². The molecule has 0 aliphatic heterocycles. The van der Waals surface area contributed by atoms with Gasteiger partial charge in [-0.1, -0.05) is 42.0 Å². The van der Waals surface area contributed by atoms with Gasteiger partial charge in [0.05, 0.1) is 6.42 Å². The minimum atomic E-state index is -0.432. The molecule has 3 rings (SSSR count). The van der Waals surface area contributed by atoms with Gasteiger partial charge in [-0.15, -0.1) is 0 Å². The highest BCUT2D eigenvalue weighted by molar-refractivity contribution is 5.79. The molecule has 4 nitrogen and oxygen atoms in total. The Labute approximate surface area is 146 Å². The molecule has 0 radical (unpaired) electrons. The number of benzene rings is 2. The minimum absolute atomic E-state index is 0.110. The van der Waals surface area contributed by atoms with E-state index in [1.807, 2.05) is 49.0 Å². The summed E-state index contributed by atoms with van der Waals surface area (Å²) in [7, 11) is 1.87. The molecule has 128 valence electrons. The average Bonchev–Trinajstić information content (AvgIpc) is 3.01. The zero-order valence-corrected chi connectivity index (χ0v) is 14.2. The van der Waals surface area contributed by atoms with Gasteiger partial charge in [0.1, 0.15) is 17.7 Å². The normalized spacial score (nSPS) is 12.0. The second kappa shape index (κ2) is 7.30. The number of aryl methyl sites for hydroxylation is 2. The zero-order valence-electron chi connectivity index (χ0n) is 14.2. The summed E-state index contributed by atoms with van der Waals surface area (Å²) in [6, 6.07) is 13.5. The monoisotopic (exact) mass is 337 g/mol. The number of rotatable bonds is 5. The Morgan fingerprint density at radius 1 is 1.16 bits per heavy atom. The molecular formula is C20H20FN3O. The molecule has 0 saturated carbocycles. The van der Waals surface area contributed by atoms with Crippen molar-refractivity contribution in [3.63, 3.8) is 0 Å². The number of nitrogens with zero attached hydrogens (tertiary/aromatic N) is 2. The van der Waals surface area contributed by atoms with Gasteiger partial charge in [-0.05, 0) is 30.2 Å². The third-order valence-electron chi connectivity index (χ3n) is 4.11. The van der Waals surface area contributed by atoms with Crippen molar-refractivity contribution in [3.05, 3.63) is 89.3 Å². The van der Waals surface area contributed by atoms with Gasteiger partial charge in [0.2, 0.25) is 5.91 Å². The molecule has 0 aliphatic rings. The Morgan fingerprint density at radius 3 is 2.44 bits per heavy atom. The molecule has 0 spiro atoms. The number of imidazole rings is 1.